The lowest BCUT2D eigenvalue weighted by molar-refractivity contribution is 0.102. The summed E-state index contributed by atoms with van der Waals surface area (Å²) < 4.78 is 1.56. The number of H-pyrrole nitrogens is 1. The molecule has 1 aromatic heterocycles. The van der Waals surface area contributed by atoms with Crippen LogP contribution in [0.3, 0.4) is 0 Å². The lowest BCUT2D eigenvalue weighted by Crippen LogP contribution is -2.16. The highest BCUT2D eigenvalue weighted by molar-refractivity contribution is 6.04. The summed E-state index contributed by atoms with van der Waals surface area (Å²) >= 11 is 0. The predicted molar refractivity (Wildman–Crippen MR) is 94.9 cm³/mol. The molecule has 0 atom stereocenters. The van der Waals surface area contributed by atoms with Gasteiger partial charge in [-0.2, -0.15) is 0 Å². The highest BCUT2D eigenvalue weighted by Gasteiger charge is 2.09. The van der Waals surface area contributed by atoms with Crippen LogP contribution in [-0.4, -0.2) is 15.5 Å². The summed E-state index contributed by atoms with van der Waals surface area (Å²) in [6.45, 7) is 3.92. The van der Waals surface area contributed by atoms with Gasteiger partial charge in [-0.05, 0) is 55.3 Å². The van der Waals surface area contributed by atoms with Crippen LogP contribution in [0, 0.1) is 6.92 Å². The molecule has 5 nitrogen and oxygen atoms in total. The van der Waals surface area contributed by atoms with Gasteiger partial charge in [-0.3, -0.25) is 9.36 Å². The third-order valence-corrected chi connectivity index (χ3v) is 3.94. The number of amides is 1. The molecule has 3 aromatic rings. The number of hydrogen-bond acceptors (Lipinski definition) is 2. The first-order chi connectivity index (χ1) is 11.6. The van der Waals surface area contributed by atoms with Crippen LogP contribution in [-0.2, 0) is 6.42 Å². The van der Waals surface area contributed by atoms with Crippen LogP contribution in [0.5, 0.6) is 0 Å². The lowest BCUT2D eigenvalue weighted by Gasteiger charge is -2.08. The van der Waals surface area contributed by atoms with E-state index in [2.05, 4.69) is 17.2 Å². The highest BCUT2D eigenvalue weighted by atomic mass is 16.2. The number of hydrogen-bond donors (Lipinski definition) is 2. The molecule has 0 aliphatic heterocycles. The minimum atomic E-state index is -0.193. The summed E-state index contributed by atoms with van der Waals surface area (Å²) in [5, 5.41) is 2.90. The van der Waals surface area contributed by atoms with Crippen LogP contribution in [0.25, 0.3) is 5.69 Å². The van der Waals surface area contributed by atoms with Crippen molar-refractivity contribution in [2.45, 2.75) is 20.3 Å². The Labute approximate surface area is 140 Å². The van der Waals surface area contributed by atoms with Gasteiger partial charge < -0.3 is 10.3 Å². The second-order valence-corrected chi connectivity index (χ2v) is 5.63. The van der Waals surface area contributed by atoms with E-state index in [1.54, 1.807) is 35.0 Å². The first-order valence-electron chi connectivity index (χ1n) is 7.86. The maximum Gasteiger partial charge on any atom is 0.330 e. The molecule has 122 valence electrons. The number of carbonyl (C=O) groups excluding carboxylic acids is 1. The van der Waals surface area contributed by atoms with Crippen molar-refractivity contribution in [1.29, 1.82) is 0 Å². The van der Waals surface area contributed by atoms with Gasteiger partial charge in [0.15, 0.2) is 0 Å². The fraction of sp³-hybridized carbons (Fsp3) is 0.158. The van der Waals surface area contributed by atoms with Crippen molar-refractivity contribution in [1.82, 2.24) is 9.55 Å². The lowest BCUT2D eigenvalue weighted by atomic mass is 10.1. The number of aromatic amines is 1. The van der Waals surface area contributed by atoms with Crippen molar-refractivity contribution in [3.63, 3.8) is 0 Å². The van der Waals surface area contributed by atoms with Crippen LogP contribution in [0.4, 0.5) is 5.69 Å². The number of anilines is 1. The third-order valence-electron chi connectivity index (χ3n) is 3.94. The highest BCUT2D eigenvalue weighted by Crippen LogP contribution is 2.14. The summed E-state index contributed by atoms with van der Waals surface area (Å²) in [5.41, 5.74) is 3.84. The first kappa shape index (κ1) is 15.8. The molecule has 2 aromatic carbocycles. The van der Waals surface area contributed by atoms with Gasteiger partial charge >= 0.3 is 5.69 Å². The SMILES string of the molecule is CCc1cccc(NC(=O)c2ccc(-n3c(C)c[nH]c3=O)cc2)c1. The molecule has 0 fully saturated rings. The summed E-state index contributed by atoms with van der Waals surface area (Å²) in [5.74, 6) is -0.173. The average molecular weight is 321 g/mol. The van der Waals surface area contributed by atoms with Gasteiger partial charge in [0.25, 0.3) is 5.91 Å². The van der Waals surface area contributed by atoms with Gasteiger partial charge in [0, 0.05) is 23.1 Å². The Morgan fingerprint density at radius 2 is 1.92 bits per heavy atom. The minimum absolute atomic E-state index is 0.173. The predicted octanol–water partition coefficient (Wildman–Crippen LogP) is 3.29. The summed E-state index contributed by atoms with van der Waals surface area (Å²) in [6.07, 6.45) is 2.58. The maximum atomic E-state index is 12.4. The van der Waals surface area contributed by atoms with E-state index in [4.69, 9.17) is 0 Å². The second-order valence-electron chi connectivity index (χ2n) is 5.63. The second kappa shape index (κ2) is 6.58. The monoisotopic (exact) mass is 321 g/mol. The zero-order chi connectivity index (χ0) is 17.1. The Morgan fingerprint density at radius 1 is 1.17 bits per heavy atom. The molecule has 1 amide bonds. The van der Waals surface area contributed by atoms with E-state index >= 15 is 0 Å². The van der Waals surface area contributed by atoms with Gasteiger partial charge in [-0.25, -0.2) is 4.79 Å². The molecular weight excluding hydrogens is 302 g/mol. The number of imidazole rings is 1. The molecule has 1 heterocycles. The van der Waals surface area contributed by atoms with Crippen LogP contribution in [0.15, 0.2) is 59.5 Å². The van der Waals surface area contributed by atoms with E-state index in [-0.39, 0.29) is 11.6 Å². The number of nitrogens with one attached hydrogen (secondary N) is 2. The Morgan fingerprint density at radius 3 is 2.54 bits per heavy atom. The van der Waals surface area contributed by atoms with Crippen molar-refractivity contribution >= 4 is 11.6 Å². The van der Waals surface area contributed by atoms with Gasteiger partial charge in [0.1, 0.15) is 0 Å². The Bertz CT molecular complexity index is 920. The molecule has 3 rings (SSSR count). The van der Waals surface area contributed by atoms with E-state index in [1.807, 2.05) is 31.2 Å². The molecule has 0 unspecified atom stereocenters. The molecule has 0 bridgehead atoms. The van der Waals surface area contributed by atoms with Crippen molar-refractivity contribution in [2.24, 2.45) is 0 Å². The summed E-state index contributed by atoms with van der Waals surface area (Å²) in [7, 11) is 0. The van der Waals surface area contributed by atoms with Gasteiger partial charge in [0.05, 0.1) is 5.69 Å². The van der Waals surface area contributed by atoms with E-state index in [0.29, 0.717) is 5.56 Å². The van der Waals surface area contributed by atoms with Crippen LogP contribution >= 0.6 is 0 Å². The van der Waals surface area contributed by atoms with Crippen molar-refractivity contribution in [2.75, 3.05) is 5.32 Å². The molecule has 5 heteroatoms. The molecule has 0 saturated heterocycles. The Hall–Kier alpha value is -3.08. The normalized spacial score (nSPS) is 10.6. The molecule has 0 spiro atoms. The fourth-order valence-electron chi connectivity index (χ4n) is 2.61. The molecule has 0 saturated carbocycles. The zero-order valence-corrected chi connectivity index (χ0v) is 13.7. The first-order valence-corrected chi connectivity index (χ1v) is 7.86. The van der Waals surface area contributed by atoms with Crippen LogP contribution < -0.4 is 11.0 Å². The smallest absolute Gasteiger partial charge is 0.322 e. The molecule has 24 heavy (non-hydrogen) atoms. The topological polar surface area (TPSA) is 66.9 Å². The summed E-state index contributed by atoms with van der Waals surface area (Å²) in [6, 6.07) is 14.8. The number of aromatic nitrogens is 2. The number of benzene rings is 2. The number of carbonyl (C=O) groups is 1. The minimum Gasteiger partial charge on any atom is -0.322 e. The summed E-state index contributed by atoms with van der Waals surface area (Å²) in [4.78, 5) is 26.8. The number of aryl methyl sites for hydroxylation is 2. The quantitative estimate of drug-likeness (QED) is 0.774. The molecular formula is C19H19N3O2. The zero-order valence-electron chi connectivity index (χ0n) is 13.7. The largest absolute Gasteiger partial charge is 0.330 e. The van der Waals surface area contributed by atoms with Gasteiger partial charge in [-0.15, -0.1) is 0 Å². The van der Waals surface area contributed by atoms with Crippen LogP contribution in [0.1, 0.15) is 28.5 Å². The van der Waals surface area contributed by atoms with E-state index in [0.717, 1.165) is 23.5 Å². The molecule has 0 aliphatic carbocycles. The van der Waals surface area contributed by atoms with Crippen molar-refractivity contribution in [3.05, 3.63) is 82.0 Å². The van der Waals surface area contributed by atoms with E-state index < -0.39 is 0 Å². The molecule has 2 N–H and O–H groups in total. The van der Waals surface area contributed by atoms with Gasteiger partial charge in [-0.1, -0.05) is 19.1 Å². The molecule has 0 radical (unpaired) electrons. The molecule has 0 aliphatic rings. The Kier molecular flexibility index (Phi) is 4.33. The number of rotatable bonds is 4. The Balaban J connectivity index is 1.80. The standard InChI is InChI=1S/C19H19N3O2/c1-3-14-5-4-6-16(11-14)21-18(23)15-7-9-17(10-8-15)22-13(2)12-20-19(22)24/h4-12H,3H2,1-2H3,(H,20,24)(H,21,23). The van der Waals surface area contributed by atoms with Crippen LogP contribution in [0.2, 0.25) is 0 Å². The average Bonchev–Trinajstić information content (AvgIpc) is 2.94. The van der Waals surface area contributed by atoms with E-state index in [1.165, 1.54) is 5.56 Å². The van der Waals surface area contributed by atoms with Gasteiger partial charge in [0.2, 0.25) is 0 Å². The maximum absolute atomic E-state index is 12.4. The number of nitrogens with zero attached hydrogens (tertiary/aromatic N) is 1. The fourth-order valence-corrected chi connectivity index (χ4v) is 2.61. The van der Waals surface area contributed by atoms with E-state index in [9.17, 15) is 9.59 Å². The van der Waals surface area contributed by atoms with Crippen molar-refractivity contribution in [3.8, 4) is 5.69 Å². The third kappa shape index (κ3) is 3.15. The van der Waals surface area contributed by atoms with Crippen molar-refractivity contribution < 1.29 is 4.79 Å².